The van der Waals surface area contributed by atoms with E-state index in [1.54, 1.807) is 0 Å². The Labute approximate surface area is 175 Å². The van der Waals surface area contributed by atoms with Crippen LogP contribution in [-0.2, 0) is 16.1 Å². The molecule has 3 N–H and O–H groups in total. The van der Waals surface area contributed by atoms with Crippen LogP contribution in [0.25, 0.3) is 0 Å². The molecule has 0 bridgehead atoms. The summed E-state index contributed by atoms with van der Waals surface area (Å²) in [5.74, 6) is 1.68. The number of amides is 3. The Kier molecular flexibility index (Phi) is 8.96. The van der Waals surface area contributed by atoms with Gasteiger partial charge in [0.05, 0.1) is 6.10 Å². The van der Waals surface area contributed by atoms with Gasteiger partial charge in [-0.2, -0.15) is 0 Å². The quantitative estimate of drug-likeness (QED) is 0.605. The highest BCUT2D eigenvalue weighted by Gasteiger charge is 2.31. The molecule has 0 aliphatic heterocycles. The zero-order valence-electron chi connectivity index (χ0n) is 18.5. The largest absolute Gasteiger partial charge is 0.368 e. The van der Waals surface area contributed by atoms with E-state index in [1.807, 2.05) is 38.1 Å². The van der Waals surface area contributed by atoms with Crippen molar-refractivity contribution in [3.63, 3.8) is 0 Å². The maximum atomic E-state index is 12.2. The van der Waals surface area contributed by atoms with Gasteiger partial charge in [0, 0.05) is 18.3 Å². The van der Waals surface area contributed by atoms with Crippen molar-refractivity contribution >= 4 is 17.6 Å². The van der Waals surface area contributed by atoms with Gasteiger partial charge in [-0.3, -0.25) is 4.79 Å². The van der Waals surface area contributed by atoms with E-state index >= 15 is 0 Å². The molecule has 0 unspecified atom stereocenters. The Balaban J connectivity index is 1.75. The lowest BCUT2D eigenvalue weighted by atomic mass is 9.75. The van der Waals surface area contributed by atoms with Gasteiger partial charge >= 0.3 is 6.03 Å². The van der Waals surface area contributed by atoms with E-state index in [-0.39, 0.29) is 30.7 Å². The predicted molar refractivity (Wildman–Crippen MR) is 117 cm³/mol. The summed E-state index contributed by atoms with van der Waals surface area (Å²) in [5, 5.41) is 8.48. The summed E-state index contributed by atoms with van der Waals surface area (Å²) in [6.07, 6.45) is 3.64. The first-order valence-electron chi connectivity index (χ1n) is 10.8. The van der Waals surface area contributed by atoms with E-state index in [0.29, 0.717) is 30.0 Å². The lowest BCUT2D eigenvalue weighted by Crippen LogP contribution is -2.37. The van der Waals surface area contributed by atoms with Crippen molar-refractivity contribution in [3.8, 4) is 0 Å². The molecule has 1 aliphatic carbocycles. The van der Waals surface area contributed by atoms with Crippen molar-refractivity contribution in [1.29, 1.82) is 0 Å². The number of hydrogen-bond acceptors (Lipinski definition) is 3. The number of urea groups is 1. The third-order valence-corrected chi connectivity index (χ3v) is 5.51. The maximum Gasteiger partial charge on any atom is 0.319 e. The molecule has 1 aromatic carbocycles. The van der Waals surface area contributed by atoms with Crippen LogP contribution in [0.5, 0.6) is 0 Å². The van der Waals surface area contributed by atoms with Gasteiger partial charge in [0.25, 0.3) is 0 Å². The van der Waals surface area contributed by atoms with E-state index in [4.69, 9.17) is 4.74 Å². The van der Waals surface area contributed by atoms with Crippen LogP contribution in [0.2, 0.25) is 0 Å². The van der Waals surface area contributed by atoms with E-state index in [0.717, 1.165) is 12.0 Å². The number of ether oxygens (including phenoxy) is 1. The third kappa shape index (κ3) is 8.05. The second kappa shape index (κ2) is 11.2. The summed E-state index contributed by atoms with van der Waals surface area (Å²) in [7, 11) is 0. The lowest BCUT2D eigenvalue weighted by molar-refractivity contribution is -0.131. The molecule has 1 aliphatic rings. The molecule has 1 saturated carbocycles. The zero-order valence-corrected chi connectivity index (χ0v) is 18.5. The van der Waals surface area contributed by atoms with Crippen LogP contribution in [0.4, 0.5) is 10.5 Å². The molecule has 1 fully saturated rings. The lowest BCUT2D eigenvalue weighted by Gasteiger charge is -2.37. The summed E-state index contributed by atoms with van der Waals surface area (Å²) in [6, 6.07) is 7.30. The van der Waals surface area contributed by atoms with Crippen molar-refractivity contribution in [1.82, 2.24) is 10.6 Å². The molecule has 3 amide bonds. The number of rotatable bonds is 8. The number of carbonyl (C=O) groups excluding carboxylic acids is 2. The van der Waals surface area contributed by atoms with Crippen molar-refractivity contribution < 1.29 is 14.3 Å². The first-order chi connectivity index (χ1) is 13.7. The topological polar surface area (TPSA) is 79.5 Å². The minimum atomic E-state index is -0.227. The number of nitrogens with one attached hydrogen (secondary N) is 3. The molecule has 0 saturated heterocycles. The van der Waals surface area contributed by atoms with Crippen molar-refractivity contribution in [2.45, 2.75) is 72.6 Å². The smallest absolute Gasteiger partial charge is 0.319 e. The second-order valence-corrected chi connectivity index (χ2v) is 8.90. The average Bonchev–Trinajstić information content (AvgIpc) is 2.65. The predicted octanol–water partition coefficient (Wildman–Crippen LogP) is 4.31. The highest BCUT2D eigenvalue weighted by Crippen LogP contribution is 2.35. The molecule has 0 spiro atoms. The van der Waals surface area contributed by atoms with E-state index in [2.05, 4.69) is 36.7 Å². The average molecular weight is 404 g/mol. The summed E-state index contributed by atoms with van der Waals surface area (Å²) in [6.45, 7) is 11.1. The molecular weight excluding hydrogens is 366 g/mol. The molecule has 6 heteroatoms. The van der Waals surface area contributed by atoms with E-state index in [1.165, 1.54) is 12.8 Å². The van der Waals surface area contributed by atoms with Gasteiger partial charge < -0.3 is 20.7 Å². The Hall–Kier alpha value is -2.08. The standard InChI is InChI=1S/C23H37N3O3/c1-15(2)20-11-6-17(5)12-21(20)29-14-22(27)24-13-18-7-9-19(10-8-18)26-23(28)25-16(3)4/h7-10,15-17,20-21H,6,11-14H2,1-5H3,(H,24,27)(H2,25,26,28)/t17-,20+,21-/m0/s1. The fourth-order valence-corrected chi connectivity index (χ4v) is 3.88. The highest BCUT2D eigenvalue weighted by molar-refractivity contribution is 5.89. The Morgan fingerprint density at radius 2 is 1.79 bits per heavy atom. The summed E-state index contributed by atoms with van der Waals surface area (Å²) < 4.78 is 6.01. The molecule has 0 aromatic heterocycles. The molecule has 6 nitrogen and oxygen atoms in total. The SMILES string of the molecule is CC(C)NC(=O)Nc1ccc(CNC(=O)CO[C@H]2C[C@@H](C)CC[C@@H]2C(C)C)cc1. The first kappa shape index (κ1) is 23.2. The van der Waals surface area contributed by atoms with Crippen LogP contribution in [0.1, 0.15) is 59.4 Å². The molecule has 1 aromatic rings. The van der Waals surface area contributed by atoms with Gasteiger partial charge in [-0.15, -0.1) is 0 Å². The van der Waals surface area contributed by atoms with Crippen LogP contribution in [0.15, 0.2) is 24.3 Å². The van der Waals surface area contributed by atoms with Gasteiger partial charge in [0.2, 0.25) is 5.91 Å². The molecule has 0 heterocycles. The van der Waals surface area contributed by atoms with Crippen molar-refractivity contribution in [2.75, 3.05) is 11.9 Å². The van der Waals surface area contributed by atoms with Gasteiger partial charge in [-0.25, -0.2) is 4.79 Å². The van der Waals surface area contributed by atoms with E-state index in [9.17, 15) is 9.59 Å². The van der Waals surface area contributed by atoms with Gasteiger partial charge in [-0.1, -0.05) is 39.3 Å². The molecule has 29 heavy (non-hydrogen) atoms. The van der Waals surface area contributed by atoms with Gasteiger partial charge in [-0.05, 0) is 62.1 Å². The van der Waals surface area contributed by atoms with Crippen molar-refractivity contribution in [3.05, 3.63) is 29.8 Å². The fraction of sp³-hybridized carbons (Fsp3) is 0.652. The minimum Gasteiger partial charge on any atom is -0.368 e. The number of anilines is 1. The van der Waals surface area contributed by atoms with E-state index < -0.39 is 0 Å². The molecule has 2 rings (SSSR count). The van der Waals surface area contributed by atoms with Crippen LogP contribution in [-0.4, -0.2) is 30.7 Å². The molecule has 0 radical (unpaired) electrons. The van der Waals surface area contributed by atoms with Crippen LogP contribution >= 0.6 is 0 Å². The molecular formula is C23H37N3O3. The number of hydrogen-bond donors (Lipinski definition) is 3. The normalized spacial score (nSPS) is 21.8. The summed E-state index contributed by atoms with van der Waals surface area (Å²) in [4.78, 5) is 23.9. The second-order valence-electron chi connectivity index (χ2n) is 8.90. The Bertz CT molecular complexity index is 658. The summed E-state index contributed by atoms with van der Waals surface area (Å²) >= 11 is 0. The van der Waals surface area contributed by atoms with Gasteiger partial charge in [0.15, 0.2) is 0 Å². The van der Waals surface area contributed by atoms with Crippen molar-refractivity contribution in [2.24, 2.45) is 17.8 Å². The monoisotopic (exact) mass is 403 g/mol. The fourth-order valence-electron chi connectivity index (χ4n) is 3.88. The summed E-state index contributed by atoms with van der Waals surface area (Å²) in [5.41, 5.74) is 1.69. The van der Waals surface area contributed by atoms with Crippen LogP contribution in [0, 0.1) is 17.8 Å². The Morgan fingerprint density at radius 3 is 2.41 bits per heavy atom. The molecule has 162 valence electrons. The molecule has 3 atom stereocenters. The van der Waals surface area contributed by atoms with Crippen LogP contribution < -0.4 is 16.0 Å². The third-order valence-electron chi connectivity index (χ3n) is 5.51. The number of benzene rings is 1. The van der Waals surface area contributed by atoms with Crippen LogP contribution in [0.3, 0.4) is 0 Å². The zero-order chi connectivity index (χ0) is 21.4. The Morgan fingerprint density at radius 1 is 1.10 bits per heavy atom. The highest BCUT2D eigenvalue weighted by atomic mass is 16.5. The number of carbonyl (C=O) groups is 2. The maximum absolute atomic E-state index is 12.2. The van der Waals surface area contributed by atoms with Gasteiger partial charge in [0.1, 0.15) is 6.61 Å². The minimum absolute atomic E-state index is 0.0827. The first-order valence-corrected chi connectivity index (χ1v) is 10.8.